The molecule has 34 heavy (non-hydrogen) atoms. The van der Waals surface area contributed by atoms with Gasteiger partial charge in [-0.05, 0) is 36.3 Å². The lowest BCUT2D eigenvalue weighted by Crippen LogP contribution is -2.47. The van der Waals surface area contributed by atoms with Crippen LogP contribution < -0.4 is 10.6 Å². The second kappa shape index (κ2) is 9.71. The van der Waals surface area contributed by atoms with E-state index in [9.17, 15) is 19.5 Å². The standard InChI is InChI=1S/C23H24N6O5/c1-29(2)11-18(21(31)32)24-20(30)19-25-22(28-27-19)26-23(33)34-12-17-15-9-5-3-7-13(15)14-8-4-6-10-16(14)17/h3-10,17-18H,11-12H2,1-2H3,(H,24,30)(H,31,32)(H2,25,26,27,28,33)/t18-/m0/s1. The van der Waals surface area contributed by atoms with Gasteiger partial charge >= 0.3 is 12.1 Å². The van der Waals surface area contributed by atoms with E-state index in [1.165, 1.54) is 0 Å². The van der Waals surface area contributed by atoms with Gasteiger partial charge in [-0.2, -0.15) is 4.98 Å². The fourth-order valence-electron chi connectivity index (χ4n) is 3.92. The first-order valence-electron chi connectivity index (χ1n) is 10.6. The quantitative estimate of drug-likeness (QED) is 0.395. The minimum absolute atomic E-state index is 0.0973. The Hall–Kier alpha value is -4.25. The fraction of sp³-hybridized carbons (Fsp3) is 0.261. The highest BCUT2D eigenvalue weighted by atomic mass is 16.5. The minimum atomic E-state index is -1.18. The Morgan fingerprint density at radius 3 is 2.29 bits per heavy atom. The van der Waals surface area contributed by atoms with Gasteiger partial charge < -0.3 is 20.1 Å². The Morgan fingerprint density at radius 2 is 1.71 bits per heavy atom. The highest BCUT2D eigenvalue weighted by Crippen LogP contribution is 2.44. The summed E-state index contributed by atoms with van der Waals surface area (Å²) < 4.78 is 5.43. The van der Waals surface area contributed by atoms with Crippen LogP contribution in [0.3, 0.4) is 0 Å². The van der Waals surface area contributed by atoms with Crippen molar-refractivity contribution in [3.63, 3.8) is 0 Å². The summed E-state index contributed by atoms with van der Waals surface area (Å²) in [5.41, 5.74) is 4.40. The van der Waals surface area contributed by atoms with Gasteiger partial charge in [0.1, 0.15) is 12.6 Å². The number of amides is 2. The van der Waals surface area contributed by atoms with Crippen LogP contribution in [0.1, 0.15) is 27.7 Å². The number of hydrogen-bond acceptors (Lipinski definition) is 7. The van der Waals surface area contributed by atoms with Gasteiger partial charge in [0.15, 0.2) is 0 Å². The van der Waals surface area contributed by atoms with Crippen LogP contribution in [0.4, 0.5) is 10.7 Å². The van der Waals surface area contributed by atoms with Crippen molar-refractivity contribution in [1.82, 2.24) is 25.4 Å². The number of carbonyl (C=O) groups is 3. The lowest BCUT2D eigenvalue weighted by atomic mass is 9.98. The number of carboxylic acids is 1. The molecule has 0 bridgehead atoms. The van der Waals surface area contributed by atoms with Gasteiger partial charge in [-0.25, -0.2) is 9.59 Å². The summed E-state index contributed by atoms with van der Waals surface area (Å²) in [6, 6.07) is 14.8. The van der Waals surface area contributed by atoms with Crippen molar-refractivity contribution in [1.29, 1.82) is 0 Å². The highest BCUT2D eigenvalue weighted by molar-refractivity contribution is 5.94. The van der Waals surface area contributed by atoms with E-state index < -0.39 is 24.0 Å². The summed E-state index contributed by atoms with van der Waals surface area (Å²) in [6.45, 7) is 0.211. The fourth-order valence-corrected chi connectivity index (χ4v) is 3.92. The molecule has 0 saturated heterocycles. The Kier molecular flexibility index (Phi) is 6.55. The van der Waals surface area contributed by atoms with E-state index in [1.807, 2.05) is 48.5 Å². The SMILES string of the molecule is CN(C)C[C@H](NC(=O)c1nc(NC(=O)OCC2c3ccccc3-c3ccccc32)n[nH]1)C(=O)O. The second-order valence-electron chi connectivity index (χ2n) is 8.08. The van der Waals surface area contributed by atoms with Gasteiger partial charge in [-0.15, -0.1) is 5.10 Å². The number of hydrogen-bond donors (Lipinski definition) is 4. The molecular formula is C23H24N6O5. The molecule has 0 aliphatic heterocycles. The molecule has 11 nitrogen and oxygen atoms in total. The molecule has 0 spiro atoms. The van der Waals surface area contributed by atoms with Gasteiger partial charge in [-0.3, -0.25) is 15.2 Å². The summed E-state index contributed by atoms with van der Waals surface area (Å²) in [5, 5.41) is 20.1. The van der Waals surface area contributed by atoms with Crippen LogP contribution >= 0.6 is 0 Å². The lowest BCUT2D eigenvalue weighted by molar-refractivity contribution is -0.139. The number of anilines is 1. The molecule has 0 radical (unpaired) electrons. The molecule has 176 valence electrons. The van der Waals surface area contributed by atoms with E-state index in [1.54, 1.807) is 19.0 Å². The van der Waals surface area contributed by atoms with E-state index in [0.29, 0.717) is 0 Å². The van der Waals surface area contributed by atoms with E-state index in [0.717, 1.165) is 22.3 Å². The van der Waals surface area contributed by atoms with Crippen molar-refractivity contribution in [2.75, 3.05) is 32.6 Å². The number of nitrogens with one attached hydrogen (secondary N) is 3. The molecule has 4 N–H and O–H groups in total. The first kappa shape index (κ1) is 22.9. The Bertz CT molecular complexity index is 1180. The van der Waals surface area contributed by atoms with E-state index in [4.69, 9.17) is 4.74 Å². The van der Waals surface area contributed by atoms with Gasteiger partial charge in [0.25, 0.3) is 11.9 Å². The van der Waals surface area contributed by atoms with Gasteiger partial charge in [0, 0.05) is 12.5 Å². The maximum atomic E-state index is 12.3. The number of nitrogens with zero attached hydrogens (tertiary/aromatic N) is 3. The van der Waals surface area contributed by atoms with E-state index >= 15 is 0 Å². The van der Waals surface area contributed by atoms with Crippen LogP contribution in [-0.2, 0) is 9.53 Å². The molecule has 0 unspecified atom stereocenters. The largest absolute Gasteiger partial charge is 0.480 e. The summed E-state index contributed by atoms with van der Waals surface area (Å²) in [4.78, 5) is 41.5. The van der Waals surface area contributed by atoms with Gasteiger partial charge in [0.2, 0.25) is 5.82 Å². The number of likely N-dealkylation sites (N-methyl/N-ethyl adjacent to an activating group) is 1. The number of fused-ring (bicyclic) bond motifs is 3. The summed E-state index contributed by atoms with van der Waals surface area (Å²) >= 11 is 0. The summed E-state index contributed by atoms with van der Waals surface area (Å²) in [5.74, 6) is -2.45. The highest BCUT2D eigenvalue weighted by Gasteiger charge is 2.29. The topological polar surface area (TPSA) is 150 Å². The van der Waals surface area contributed by atoms with Crippen LogP contribution in [-0.4, -0.2) is 76.4 Å². The molecule has 2 aromatic carbocycles. The number of carbonyl (C=O) groups excluding carboxylic acids is 2. The maximum absolute atomic E-state index is 12.3. The summed E-state index contributed by atoms with van der Waals surface area (Å²) in [7, 11) is 3.37. The third kappa shape index (κ3) is 4.89. The number of ether oxygens (including phenoxy) is 1. The first-order chi connectivity index (χ1) is 16.3. The van der Waals surface area contributed by atoms with Crippen LogP contribution in [0, 0.1) is 0 Å². The number of aliphatic carboxylic acids is 1. The van der Waals surface area contributed by atoms with E-state index in [2.05, 4.69) is 25.8 Å². The Morgan fingerprint density at radius 1 is 1.09 bits per heavy atom. The van der Waals surface area contributed by atoms with Crippen LogP contribution in [0.2, 0.25) is 0 Å². The number of benzene rings is 2. The molecule has 2 amide bonds. The zero-order valence-electron chi connectivity index (χ0n) is 18.6. The van der Waals surface area contributed by atoms with Gasteiger partial charge in [0.05, 0.1) is 0 Å². The monoisotopic (exact) mass is 464 g/mol. The average Bonchev–Trinajstić information content (AvgIpc) is 3.39. The number of rotatable bonds is 8. The maximum Gasteiger partial charge on any atom is 0.414 e. The molecular weight excluding hydrogens is 440 g/mol. The molecule has 3 aromatic rings. The van der Waals surface area contributed by atoms with Crippen molar-refractivity contribution in [2.45, 2.75) is 12.0 Å². The zero-order valence-corrected chi connectivity index (χ0v) is 18.6. The minimum Gasteiger partial charge on any atom is -0.480 e. The lowest BCUT2D eigenvalue weighted by Gasteiger charge is -2.17. The number of aromatic amines is 1. The Labute approximate surface area is 195 Å². The predicted molar refractivity (Wildman–Crippen MR) is 123 cm³/mol. The van der Waals surface area contributed by atoms with Crippen molar-refractivity contribution >= 4 is 23.9 Å². The Balaban J connectivity index is 1.36. The van der Waals surface area contributed by atoms with Crippen molar-refractivity contribution in [2.24, 2.45) is 0 Å². The second-order valence-corrected chi connectivity index (χ2v) is 8.08. The molecule has 0 saturated carbocycles. The predicted octanol–water partition coefficient (Wildman–Crippen LogP) is 1.91. The van der Waals surface area contributed by atoms with Crippen molar-refractivity contribution in [3.8, 4) is 11.1 Å². The third-order valence-corrected chi connectivity index (χ3v) is 5.41. The number of H-pyrrole nitrogens is 1. The summed E-state index contributed by atoms with van der Waals surface area (Å²) in [6.07, 6.45) is -0.774. The first-order valence-corrected chi connectivity index (χ1v) is 10.6. The third-order valence-electron chi connectivity index (χ3n) is 5.41. The van der Waals surface area contributed by atoms with Gasteiger partial charge in [-0.1, -0.05) is 48.5 Å². The smallest absolute Gasteiger partial charge is 0.414 e. The van der Waals surface area contributed by atoms with E-state index in [-0.39, 0.29) is 30.8 Å². The molecule has 0 fully saturated rings. The molecule has 1 heterocycles. The zero-order chi connectivity index (χ0) is 24.2. The normalized spacial score (nSPS) is 13.1. The van der Waals surface area contributed by atoms with Crippen LogP contribution in [0.15, 0.2) is 48.5 Å². The molecule has 1 atom stereocenters. The molecule has 1 aliphatic carbocycles. The van der Waals surface area contributed by atoms with Crippen LogP contribution in [0.25, 0.3) is 11.1 Å². The molecule has 11 heteroatoms. The number of carboxylic acid groups (broad SMARTS) is 1. The van der Waals surface area contributed by atoms with Crippen LogP contribution in [0.5, 0.6) is 0 Å². The number of aromatic nitrogens is 3. The van der Waals surface area contributed by atoms with Crippen molar-refractivity contribution in [3.05, 3.63) is 65.5 Å². The molecule has 4 rings (SSSR count). The molecule has 1 aliphatic rings. The average molecular weight is 464 g/mol. The molecule has 1 aromatic heterocycles. The van der Waals surface area contributed by atoms with Crippen molar-refractivity contribution < 1.29 is 24.2 Å².